The molecule has 0 spiro atoms. The number of fused-ring (bicyclic) bond motifs is 5. The fraction of sp³-hybridized carbons (Fsp3) is 0.571. The minimum Gasteiger partial charge on any atom is -0.349 e. The third-order valence-corrected chi connectivity index (χ3v) is 5.67. The summed E-state index contributed by atoms with van der Waals surface area (Å²) >= 11 is 3.33. The number of aromatic nitrogens is 1. The van der Waals surface area contributed by atoms with Crippen LogP contribution in [0.5, 0.6) is 0 Å². The molecule has 1 aromatic heterocycles. The van der Waals surface area contributed by atoms with Crippen LogP contribution in [0, 0.1) is 23.7 Å². The van der Waals surface area contributed by atoms with E-state index < -0.39 is 0 Å². The van der Waals surface area contributed by atoms with Crippen molar-refractivity contribution in [1.29, 1.82) is 0 Å². The molecule has 3 aliphatic carbocycles. The number of halogens is 1. The van der Waals surface area contributed by atoms with Crippen molar-refractivity contribution >= 4 is 21.8 Å². The summed E-state index contributed by atoms with van der Waals surface area (Å²) in [5, 5.41) is 3.20. The highest BCUT2D eigenvalue weighted by atomic mass is 79.9. The number of nitrogens with zero attached hydrogens (tertiary/aromatic N) is 1. The van der Waals surface area contributed by atoms with E-state index in [2.05, 4.69) is 26.2 Å². The molecule has 3 saturated carbocycles. The van der Waals surface area contributed by atoms with E-state index in [1.165, 1.54) is 19.3 Å². The molecular weight excluding hydrogens is 292 g/mol. The summed E-state index contributed by atoms with van der Waals surface area (Å²) in [4.78, 5) is 16.3. The summed E-state index contributed by atoms with van der Waals surface area (Å²) in [5.74, 6) is 3.37. The van der Waals surface area contributed by atoms with Gasteiger partial charge >= 0.3 is 0 Å². The van der Waals surface area contributed by atoms with Crippen molar-refractivity contribution in [3.8, 4) is 0 Å². The molecule has 4 unspecified atom stereocenters. The predicted molar refractivity (Wildman–Crippen MR) is 71.0 cm³/mol. The Kier molecular flexibility index (Phi) is 2.31. The summed E-state index contributed by atoms with van der Waals surface area (Å²) in [5.41, 5.74) is 0.648. The van der Waals surface area contributed by atoms with E-state index in [1.807, 2.05) is 6.07 Å². The molecule has 1 amide bonds. The van der Waals surface area contributed by atoms with Crippen LogP contribution in [0.25, 0.3) is 0 Å². The summed E-state index contributed by atoms with van der Waals surface area (Å²) < 4.78 is 0.635. The average Bonchev–Trinajstić information content (AvgIpc) is 2.77. The number of hydrogen-bond acceptors (Lipinski definition) is 2. The van der Waals surface area contributed by atoms with Gasteiger partial charge in [-0.1, -0.05) is 0 Å². The molecule has 0 radical (unpaired) electrons. The van der Waals surface area contributed by atoms with E-state index in [0.717, 1.165) is 23.7 Å². The summed E-state index contributed by atoms with van der Waals surface area (Å²) in [6.07, 6.45) is 5.87. The Morgan fingerprint density at radius 1 is 1.33 bits per heavy atom. The van der Waals surface area contributed by atoms with Gasteiger partial charge in [0.2, 0.25) is 0 Å². The van der Waals surface area contributed by atoms with E-state index >= 15 is 0 Å². The van der Waals surface area contributed by atoms with Gasteiger partial charge in [0.25, 0.3) is 5.91 Å². The van der Waals surface area contributed by atoms with Crippen LogP contribution in [0.4, 0.5) is 0 Å². The quantitative estimate of drug-likeness (QED) is 0.854. The zero-order valence-electron chi connectivity index (χ0n) is 9.97. The maximum Gasteiger partial charge on any atom is 0.254 e. The van der Waals surface area contributed by atoms with Crippen molar-refractivity contribution in [3.05, 3.63) is 28.5 Å². The first kappa shape index (κ1) is 11.0. The van der Waals surface area contributed by atoms with Crippen molar-refractivity contribution in [2.45, 2.75) is 25.3 Å². The zero-order chi connectivity index (χ0) is 12.3. The Morgan fingerprint density at radius 2 is 2.06 bits per heavy atom. The number of carbonyl (C=O) groups is 1. The lowest BCUT2D eigenvalue weighted by Crippen LogP contribution is -2.30. The molecule has 0 aromatic carbocycles. The lowest BCUT2D eigenvalue weighted by atomic mass is 10.0. The molecule has 3 aliphatic rings. The molecule has 3 fully saturated rings. The van der Waals surface area contributed by atoms with Crippen molar-refractivity contribution in [2.24, 2.45) is 23.7 Å². The number of pyridine rings is 1. The zero-order valence-corrected chi connectivity index (χ0v) is 11.6. The second-order valence-corrected chi connectivity index (χ2v) is 6.58. The number of hydrogen-bond donors (Lipinski definition) is 1. The average molecular weight is 307 g/mol. The minimum absolute atomic E-state index is 0.0220. The van der Waals surface area contributed by atoms with Gasteiger partial charge in [0.05, 0.1) is 5.56 Å². The Bertz CT molecular complexity index is 502. The van der Waals surface area contributed by atoms with Gasteiger partial charge in [0.1, 0.15) is 4.60 Å². The van der Waals surface area contributed by atoms with Gasteiger partial charge in [-0.2, -0.15) is 0 Å². The highest BCUT2D eigenvalue weighted by Gasteiger charge is 2.65. The molecule has 4 atom stereocenters. The lowest BCUT2D eigenvalue weighted by molar-refractivity contribution is 0.0943. The highest BCUT2D eigenvalue weighted by Crippen LogP contribution is 2.65. The first-order chi connectivity index (χ1) is 8.75. The highest BCUT2D eigenvalue weighted by molar-refractivity contribution is 9.10. The smallest absolute Gasteiger partial charge is 0.254 e. The van der Waals surface area contributed by atoms with E-state index in [0.29, 0.717) is 16.2 Å². The largest absolute Gasteiger partial charge is 0.349 e. The Balaban J connectivity index is 1.48. The second-order valence-electron chi connectivity index (χ2n) is 5.83. The van der Waals surface area contributed by atoms with Gasteiger partial charge in [0, 0.05) is 12.2 Å². The van der Waals surface area contributed by atoms with Gasteiger partial charge in [-0.25, -0.2) is 4.98 Å². The molecule has 0 saturated heterocycles. The van der Waals surface area contributed by atoms with Gasteiger partial charge in [-0.3, -0.25) is 4.79 Å². The van der Waals surface area contributed by atoms with Crippen molar-refractivity contribution in [2.75, 3.05) is 0 Å². The monoisotopic (exact) mass is 306 g/mol. The van der Waals surface area contributed by atoms with Crippen LogP contribution < -0.4 is 5.32 Å². The SMILES string of the molecule is O=C(NC1C2C3CCC(C3)C12)c1cccnc1Br. The molecule has 4 heteroatoms. The van der Waals surface area contributed by atoms with Crippen LogP contribution >= 0.6 is 15.9 Å². The standard InChI is InChI=1S/C14H15BrN2O/c15-13-9(2-1-5-16-13)14(18)17-12-10-7-3-4-8(6-7)11(10)12/h1-2,5,7-8,10-12H,3-4,6H2,(H,17,18). The molecule has 94 valence electrons. The summed E-state index contributed by atoms with van der Waals surface area (Å²) in [6.45, 7) is 0. The third kappa shape index (κ3) is 1.48. The maximum absolute atomic E-state index is 12.2. The summed E-state index contributed by atoms with van der Waals surface area (Å²) in [6, 6.07) is 4.06. The molecule has 2 bridgehead atoms. The number of nitrogens with one attached hydrogen (secondary N) is 1. The van der Waals surface area contributed by atoms with Gasteiger partial charge in [-0.05, 0) is 71.0 Å². The van der Waals surface area contributed by atoms with Crippen LogP contribution in [0.3, 0.4) is 0 Å². The van der Waals surface area contributed by atoms with E-state index in [-0.39, 0.29) is 5.91 Å². The van der Waals surface area contributed by atoms with Crippen LogP contribution in [0.1, 0.15) is 29.6 Å². The summed E-state index contributed by atoms with van der Waals surface area (Å²) in [7, 11) is 0. The molecule has 1 aromatic rings. The van der Waals surface area contributed by atoms with E-state index in [9.17, 15) is 4.79 Å². The molecule has 0 aliphatic heterocycles. The normalized spacial score (nSPS) is 39.5. The Hall–Kier alpha value is -0.900. The van der Waals surface area contributed by atoms with Gasteiger partial charge in [-0.15, -0.1) is 0 Å². The minimum atomic E-state index is 0.0220. The fourth-order valence-corrected chi connectivity index (χ4v) is 4.73. The van der Waals surface area contributed by atoms with Gasteiger partial charge in [0.15, 0.2) is 0 Å². The molecule has 18 heavy (non-hydrogen) atoms. The molecule has 1 heterocycles. The van der Waals surface area contributed by atoms with Crippen molar-refractivity contribution in [3.63, 3.8) is 0 Å². The van der Waals surface area contributed by atoms with Crippen LogP contribution in [0.15, 0.2) is 22.9 Å². The van der Waals surface area contributed by atoms with Crippen LogP contribution in [-0.2, 0) is 0 Å². The topological polar surface area (TPSA) is 42.0 Å². The van der Waals surface area contributed by atoms with Crippen molar-refractivity contribution < 1.29 is 4.79 Å². The van der Waals surface area contributed by atoms with Gasteiger partial charge < -0.3 is 5.32 Å². The number of amides is 1. The van der Waals surface area contributed by atoms with Crippen molar-refractivity contribution in [1.82, 2.24) is 10.3 Å². The molecule has 3 nitrogen and oxygen atoms in total. The van der Waals surface area contributed by atoms with Crippen LogP contribution in [0.2, 0.25) is 0 Å². The number of rotatable bonds is 2. The molecule has 4 rings (SSSR count). The first-order valence-corrected chi connectivity index (χ1v) is 7.46. The maximum atomic E-state index is 12.2. The lowest BCUT2D eigenvalue weighted by Gasteiger charge is -2.11. The van der Waals surface area contributed by atoms with Crippen LogP contribution in [-0.4, -0.2) is 16.9 Å². The second kappa shape index (κ2) is 3.80. The fourth-order valence-electron chi connectivity index (χ4n) is 4.30. The molecule has 1 N–H and O–H groups in total. The number of carbonyl (C=O) groups excluding carboxylic acids is 1. The third-order valence-electron chi connectivity index (χ3n) is 5.04. The molecular formula is C14H15BrN2O. The van der Waals surface area contributed by atoms with E-state index in [4.69, 9.17) is 0 Å². The van der Waals surface area contributed by atoms with E-state index in [1.54, 1.807) is 12.3 Å². The predicted octanol–water partition coefficient (Wildman–Crippen LogP) is 2.62. The first-order valence-electron chi connectivity index (χ1n) is 6.67. The Morgan fingerprint density at radius 3 is 2.72 bits per heavy atom. The Labute approximate surface area is 114 Å².